The predicted molar refractivity (Wildman–Crippen MR) is 117 cm³/mol. The molecule has 0 unspecified atom stereocenters. The highest BCUT2D eigenvalue weighted by molar-refractivity contribution is 14.0. The van der Waals surface area contributed by atoms with E-state index in [-0.39, 0.29) is 30.0 Å². The zero-order valence-electron chi connectivity index (χ0n) is 15.8. The minimum atomic E-state index is -3.38. The second kappa shape index (κ2) is 11.1. The van der Waals surface area contributed by atoms with Gasteiger partial charge in [-0.05, 0) is 49.3 Å². The number of halogens is 1. The molecular weight excluding hydrogens is 463 g/mol. The summed E-state index contributed by atoms with van der Waals surface area (Å²) in [6, 6.07) is 7.10. The second-order valence-corrected chi connectivity index (χ2v) is 8.64. The van der Waals surface area contributed by atoms with E-state index in [0.717, 1.165) is 37.3 Å². The summed E-state index contributed by atoms with van der Waals surface area (Å²) in [7, 11) is -1.63. The molecule has 0 bridgehead atoms. The fourth-order valence-electron chi connectivity index (χ4n) is 2.40. The summed E-state index contributed by atoms with van der Waals surface area (Å²) in [4.78, 5) is 4.52. The van der Waals surface area contributed by atoms with Crippen molar-refractivity contribution in [2.24, 2.45) is 10.9 Å². The van der Waals surface area contributed by atoms with E-state index in [1.165, 1.54) is 6.42 Å². The maximum atomic E-state index is 12.1. The summed E-state index contributed by atoms with van der Waals surface area (Å²) in [6.07, 6.45) is 4.17. The average Bonchev–Trinajstić information content (AvgIpc) is 3.37. The lowest BCUT2D eigenvalue weighted by Crippen LogP contribution is -2.37. The third-order valence-electron chi connectivity index (χ3n) is 4.07. The highest BCUT2D eigenvalue weighted by atomic mass is 127. The molecule has 0 aromatic heterocycles. The van der Waals surface area contributed by atoms with E-state index >= 15 is 0 Å². The van der Waals surface area contributed by atoms with Crippen LogP contribution in [0, 0.1) is 5.92 Å². The number of hydrogen-bond acceptors (Lipinski definition) is 3. The molecule has 1 aliphatic rings. The SMILES string of the molecule is CN=C(NCCCC(C)C)NCc1ccc(S(=O)(=O)NC2CC2)cc1.I. The predicted octanol–water partition coefficient (Wildman–Crippen LogP) is 2.85. The van der Waals surface area contributed by atoms with Gasteiger partial charge >= 0.3 is 0 Å². The Bertz CT molecular complexity index is 671. The molecule has 6 nitrogen and oxygen atoms in total. The van der Waals surface area contributed by atoms with Gasteiger partial charge in [0.25, 0.3) is 0 Å². The first-order valence-electron chi connectivity index (χ1n) is 8.96. The molecule has 8 heteroatoms. The Morgan fingerprint density at radius 2 is 1.85 bits per heavy atom. The van der Waals surface area contributed by atoms with E-state index in [1.54, 1.807) is 19.2 Å². The summed E-state index contributed by atoms with van der Waals surface area (Å²) in [5, 5.41) is 6.54. The Kier molecular flexibility index (Phi) is 9.88. The van der Waals surface area contributed by atoms with Crippen LogP contribution in [-0.2, 0) is 16.6 Å². The molecule has 3 N–H and O–H groups in total. The van der Waals surface area contributed by atoms with Gasteiger partial charge in [-0.2, -0.15) is 0 Å². The molecule has 26 heavy (non-hydrogen) atoms. The number of nitrogens with zero attached hydrogens (tertiary/aromatic N) is 1. The molecular formula is C18H31IN4O2S. The van der Waals surface area contributed by atoms with Crippen LogP contribution in [0.1, 0.15) is 45.1 Å². The molecule has 1 aromatic carbocycles. The topological polar surface area (TPSA) is 82.6 Å². The number of rotatable bonds is 9. The van der Waals surface area contributed by atoms with Crippen LogP contribution >= 0.6 is 24.0 Å². The third-order valence-corrected chi connectivity index (χ3v) is 5.60. The Hall–Kier alpha value is -0.870. The minimum absolute atomic E-state index is 0. The monoisotopic (exact) mass is 494 g/mol. The molecule has 0 aliphatic heterocycles. The number of benzene rings is 1. The van der Waals surface area contributed by atoms with E-state index in [1.807, 2.05) is 12.1 Å². The van der Waals surface area contributed by atoms with Gasteiger partial charge in [-0.15, -0.1) is 24.0 Å². The van der Waals surface area contributed by atoms with Gasteiger partial charge in [-0.1, -0.05) is 26.0 Å². The number of hydrogen-bond donors (Lipinski definition) is 3. The van der Waals surface area contributed by atoms with Crippen LogP contribution in [0.15, 0.2) is 34.2 Å². The van der Waals surface area contributed by atoms with Crippen molar-refractivity contribution in [3.8, 4) is 0 Å². The van der Waals surface area contributed by atoms with Crippen molar-refractivity contribution < 1.29 is 8.42 Å². The lowest BCUT2D eigenvalue weighted by Gasteiger charge is -2.13. The van der Waals surface area contributed by atoms with Crippen LogP contribution in [-0.4, -0.2) is 34.0 Å². The van der Waals surface area contributed by atoms with Crippen LogP contribution in [0.4, 0.5) is 0 Å². The Morgan fingerprint density at radius 1 is 1.19 bits per heavy atom. The number of aliphatic imine (C=N–C) groups is 1. The molecule has 1 aromatic rings. The van der Waals surface area contributed by atoms with Crippen LogP contribution in [0.2, 0.25) is 0 Å². The molecule has 0 heterocycles. The molecule has 0 radical (unpaired) electrons. The third kappa shape index (κ3) is 8.22. The number of guanidine groups is 1. The fraction of sp³-hybridized carbons (Fsp3) is 0.611. The van der Waals surface area contributed by atoms with Gasteiger partial charge in [0.05, 0.1) is 4.90 Å². The smallest absolute Gasteiger partial charge is 0.240 e. The summed E-state index contributed by atoms with van der Waals surface area (Å²) in [5.41, 5.74) is 1.01. The van der Waals surface area contributed by atoms with Crippen molar-refractivity contribution >= 4 is 40.0 Å². The van der Waals surface area contributed by atoms with Gasteiger partial charge in [0.1, 0.15) is 0 Å². The van der Waals surface area contributed by atoms with Gasteiger partial charge in [0.2, 0.25) is 10.0 Å². The van der Waals surface area contributed by atoms with Crippen LogP contribution in [0.5, 0.6) is 0 Å². The van der Waals surface area contributed by atoms with Gasteiger partial charge in [0.15, 0.2) is 5.96 Å². The molecule has 0 atom stereocenters. The van der Waals surface area contributed by atoms with E-state index in [0.29, 0.717) is 17.4 Å². The van der Waals surface area contributed by atoms with Crippen molar-refractivity contribution in [3.05, 3.63) is 29.8 Å². The van der Waals surface area contributed by atoms with Crippen molar-refractivity contribution in [1.82, 2.24) is 15.4 Å². The maximum Gasteiger partial charge on any atom is 0.240 e. The lowest BCUT2D eigenvalue weighted by atomic mass is 10.1. The Labute approximate surface area is 174 Å². The van der Waals surface area contributed by atoms with E-state index in [9.17, 15) is 8.42 Å². The van der Waals surface area contributed by atoms with Gasteiger partial charge in [-0.25, -0.2) is 13.1 Å². The Morgan fingerprint density at radius 3 is 2.38 bits per heavy atom. The van der Waals surface area contributed by atoms with Crippen molar-refractivity contribution in [1.29, 1.82) is 0 Å². The highest BCUT2D eigenvalue weighted by Gasteiger charge is 2.27. The van der Waals surface area contributed by atoms with E-state index in [4.69, 9.17) is 0 Å². The van der Waals surface area contributed by atoms with Gasteiger partial charge < -0.3 is 10.6 Å². The second-order valence-electron chi connectivity index (χ2n) is 6.93. The first-order valence-corrected chi connectivity index (χ1v) is 10.4. The molecule has 0 amide bonds. The number of nitrogens with one attached hydrogen (secondary N) is 3. The van der Waals surface area contributed by atoms with E-state index in [2.05, 4.69) is 34.2 Å². The largest absolute Gasteiger partial charge is 0.356 e. The standard InChI is InChI=1S/C18H30N4O2S.HI/c1-14(2)5-4-12-20-18(19-3)21-13-15-6-10-17(11-7-15)25(23,24)22-16-8-9-16;/h6-7,10-11,14,16,22H,4-5,8-9,12-13H2,1-3H3,(H2,19,20,21);1H. The quantitative estimate of drug-likeness (QED) is 0.214. The average molecular weight is 494 g/mol. The minimum Gasteiger partial charge on any atom is -0.356 e. The molecule has 0 saturated heterocycles. The van der Waals surface area contributed by atoms with Crippen LogP contribution in [0.3, 0.4) is 0 Å². The van der Waals surface area contributed by atoms with Gasteiger partial charge in [-0.3, -0.25) is 4.99 Å². The van der Waals surface area contributed by atoms with Crippen molar-refractivity contribution in [3.63, 3.8) is 0 Å². The summed E-state index contributed by atoms with van der Waals surface area (Å²) >= 11 is 0. The Balaban J connectivity index is 0.00000338. The normalized spacial score (nSPS) is 14.8. The first kappa shape index (κ1) is 23.2. The van der Waals surface area contributed by atoms with Crippen LogP contribution < -0.4 is 15.4 Å². The van der Waals surface area contributed by atoms with Crippen LogP contribution in [0.25, 0.3) is 0 Å². The first-order chi connectivity index (χ1) is 11.9. The molecule has 1 fully saturated rings. The number of sulfonamides is 1. The highest BCUT2D eigenvalue weighted by Crippen LogP contribution is 2.22. The van der Waals surface area contributed by atoms with E-state index < -0.39 is 10.0 Å². The molecule has 148 valence electrons. The molecule has 1 saturated carbocycles. The fourth-order valence-corrected chi connectivity index (χ4v) is 3.70. The lowest BCUT2D eigenvalue weighted by molar-refractivity contribution is 0.549. The zero-order chi connectivity index (χ0) is 18.3. The summed E-state index contributed by atoms with van der Waals surface area (Å²) < 4.78 is 27.0. The molecule has 2 rings (SSSR count). The summed E-state index contributed by atoms with van der Waals surface area (Å²) in [6.45, 7) is 5.93. The zero-order valence-corrected chi connectivity index (χ0v) is 18.9. The maximum absolute atomic E-state index is 12.1. The molecule has 1 aliphatic carbocycles. The van der Waals surface area contributed by atoms with Gasteiger partial charge in [0, 0.05) is 26.2 Å². The van der Waals surface area contributed by atoms with Crippen molar-refractivity contribution in [2.75, 3.05) is 13.6 Å². The summed E-state index contributed by atoms with van der Waals surface area (Å²) in [5.74, 6) is 1.47. The van der Waals surface area contributed by atoms with Crippen molar-refractivity contribution in [2.45, 2.75) is 57.0 Å². The molecule has 0 spiro atoms.